The highest BCUT2D eigenvalue weighted by Crippen LogP contribution is 2.48. The molecule has 0 radical (unpaired) electrons. The minimum Gasteiger partial charge on any atom is -0.294 e. The van der Waals surface area contributed by atoms with Crippen molar-refractivity contribution in [1.29, 1.82) is 0 Å². The van der Waals surface area contributed by atoms with Crippen LogP contribution in [0, 0.1) is 19.3 Å². The van der Waals surface area contributed by atoms with Crippen molar-refractivity contribution in [2.45, 2.75) is 52.9 Å². The summed E-state index contributed by atoms with van der Waals surface area (Å²) in [5, 5.41) is 0. The number of aromatic nitrogens is 1. The van der Waals surface area contributed by atoms with E-state index in [0.29, 0.717) is 19.3 Å². The van der Waals surface area contributed by atoms with Gasteiger partial charge in [-0.3, -0.25) is 19.5 Å². The number of aryl methyl sites for hydroxylation is 2. The van der Waals surface area contributed by atoms with Crippen LogP contribution in [0.25, 0.3) is 0 Å². The van der Waals surface area contributed by atoms with E-state index in [4.69, 9.17) is 0 Å². The van der Waals surface area contributed by atoms with E-state index in [1.807, 2.05) is 30.3 Å². The first-order chi connectivity index (χ1) is 13.3. The zero-order valence-corrected chi connectivity index (χ0v) is 17.0. The Labute approximate surface area is 166 Å². The third-order valence-electron chi connectivity index (χ3n) is 5.98. The maximum Gasteiger partial charge on any atom is 0.232 e. The van der Waals surface area contributed by atoms with Crippen LogP contribution in [0.15, 0.2) is 54.0 Å². The van der Waals surface area contributed by atoms with Gasteiger partial charge in [0.2, 0.25) is 5.91 Å². The van der Waals surface area contributed by atoms with Crippen molar-refractivity contribution < 1.29 is 9.59 Å². The lowest BCUT2D eigenvalue weighted by atomic mass is 9.69. The number of rotatable bonds is 2. The Kier molecular flexibility index (Phi) is 4.45. The molecular weight excluding hydrogens is 348 g/mol. The summed E-state index contributed by atoms with van der Waals surface area (Å²) in [5.74, 6) is -0.00890. The number of carbonyl (C=O) groups excluding carboxylic acids is 2. The second-order valence-electron chi connectivity index (χ2n) is 8.84. The molecule has 28 heavy (non-hydrogen) atoms. The number of ketones is 1. The number of amides is 1. The number of hydrogen-bond acceptors (Lipinski definition) is 3. The molecule has 0 N–H and O–H groups in total. The molecule has 4 nitrogen and oxygen atoms in total. The summed E-state index contributed by atoms with van der Waals surface area (Å²) in [6.07, 6.45) is 5.02. The standard InChI is InChI=1S/C24H26N2O2/c1-15-7-8-18(10-16(15)2)26-20-12-24(3,4)13-21(27)23(20)19(11-22(26)28)17-6-5-9-25-14-17/h5-10,14,19H,11-13H2,1-4H3. The Morgan fingerprint density at radius 3 is 2.54 bits per heavy atom. The lowest BCUT2D eigenvalue weighted by Gasteiger charge is -2.43. The molecule has 1 atom stereocenters. The van der Waals surface area contributed by atoms with Crippen molar-refractivity contribution in [3.63, 3.8) is 0 Å². The molecule has 0 saturated heterocycles. The number of Topliss-reactive ketones (excluding diaryl/α,β-unsaturated/α-hetero) is 1. The Morgan fingerprint density at radius 2 is 1.86 bits per heavy atom. The van der Waals surface area contributed by atoms with E-state index in [0.717, 1.165) is 28.1 Å². The van der Waals surface area contributed by atoms with E-state index in [9.17, 15) is 9.59 Å². The first kappa shape index (κ1) is 18.6. The van der Waals surface area contributed by atoms with Gasteiger partial charge in [0.1, 0.15) is 0 Å². The van der Waals surface area contributed by atoms with Crippen LogP contribution < -0.4 is 4.90 Å². The summed E-state index contributed by atoms with van der Waals surface area (Å²) >= 11 is 0. The molecule has 1 aromatic carbocycles. The normalized spacial score (nSPS) is 21.7. The molecule has 0 spiro atoms. The largest absolute Gasteiger partial charge is 0.294 e. The number of nitrogens with zero attached hydrogens (tertiary/aromatic N) is 2. The predicted octanol–water partition coefficient (Wildman–Crippen LogP) is 4.86. The van der Waals surface area contributed by atoms with Crippen molar-refractivity contribution in [2.24, 2.45) is 5.41 Å². The summed E-state index contributed by atoms with van der Waals surface area (Å²) in [5.41, 5.74) is 5.64. The minimum atomic E-state index is -0.206. The fraction of sp³-hybridized carbons (Fsp3) is 0.375. The molecule has 2 aliphatic rings. The van der Waals surface area contributed by atoms with Crippen LogP contribution in [0.5, 0.6) is 0 Å². The van der Waals surface area contributed by atoms with Crippen molar-refractivity contribution in [1.82, 2.24) is 4.98 Å². The molecule has 144 valence electrons. The van der Waals surface area contributed by atoms with Crippen LogP contribution in [-0.4, -0.2) is 16.7 Å². The predicted molar refractivity (Wildman–Crippen MR) is 110 cm³/mol. The Hall–Kier alpha value is -2.75. The Bertz CT molecular complexity index is 989. The number of benzene rings is 1. The molecule has 1 amide bonds. The maximum atomic E-state index is 13.3. The van der Waals surface area contributed by atoms with Gasteiger partial charge in [-0.1, -0.05) is 26.0 Å². The second kappa shape index (κ2) is 6.69. The topological polar surface area (TPSA) is 50.3 Å². The van der Waals surface area contributed by atoms with Gasteiger partial charge < -0.3 is 0 Å². The highest BCUT2D eigenvalue weighted by molar-refractivity contribution is 6.07. The van der Waals surface area contributed by atoms with E-state index < -0.39 is 0 Å². The number of anilines is 1. The van der Waals surface area contributed by atoms with E-state index in [1.54, 1.807) is 17.3 Å². The molecule has 0 saturated carbocycles. The molecule has 2 aromatic rings. The lowest BCUT2D eigenvalue weighted by Crippen LogP contribution is -2.43. The number of carbonyl (C=O) groups is 2. The number of hydrogen-bond donors (Lipinski definition) is 0. The average Bonchev–Trinajstić information content (AvgIpc) is 2.63. The molecule has 2 heterocycles. The van der Waals surface area contributed by atoms with Crippen molar-refractivity contribution in [3.8, 4) is 0 Å². The molecule has 1 aliphatic carbocycles. The molecule has 4 rings (SSSR count). The molecule has 1 unspecified atom stereocenters. The van der Waals surface area contributed by atoms with Gasteiger partial charge in [0.15, 0.2) is 5.78 Å². The summed E-state index contributed by atoms with van der Waals surface area (Å²) in [6, 6.07) is 9.91. The molecule has 4 heteroatoms. The molecular formula is C24H26N2O2. The van der Waals surface area contributed by atoms with Gasteiger partial charge in [0.05, 0.1) is 0 Å². The minimum absolute atomic E-state index is 0.0429. The summed E-state index contributed by atoms with van der Waals surface area (Å²) in [6.45, 7) is 8.32. The fourth-order valence-electron chi connectivity index (χ4n) is 4.45. The van der Waals surface area contributed by atoms with Gasteiger partial charge in [-0.15, -0.1) is 0 Å². The van der Waals surface area contributed by atoms with Crippen molar-refractivity contribution >= 4 is 17.4 Å². The van der Waals surface area contributed by atoms with Gasteiger partial charge in [-0.2, -0.15) is 0 Å². The fourth-order valence-corrected chi connectivity index (χ4v) is 4.45. The Balaban J connectivity index is 1.90. The first-order valence-electron chi connectivity index (χ1n) is 9.83. The van der Waals surface area contributed by atoms with E-state index in [2.05, 4.69) is 32.7 Å². The monoisotopic (exact) mass is 374 g/mol. The zero-order valence-electron chi connectivity index (χ0n) is 17.0. The second-order valence-corrected chi connectivity index (χ2v) is 8.84. The third kappa shape index (κ3) is 3.17. The van der Waals surface area contributed by atoms with Gasteiger partial charge >= 0.3 is 0 Å². The van der Waals surface area contributed by atoms with E-state index >= 15 is 0 Å². The molecule has 0 fully saturated rings. The number of allylic oxidation sites excluding steroid dienone is 2. The molecule has 1 aliphatic heterocycles. The van der Waals surface area contributed by atoms with Crippen LogP contribution in [0.1, 0.15) is 55.7 Å². The van der Waals surface area contributed by atoms with Gasteiger partial charge in [0.25, 0.3) is 0 Å². The van der Waals surface area contributed by atoms with Gasteiger partial charge in [0, 0.05) is 48.1 Å². The highest BCUT2D eigenvalue weighted by Gasteiger charge is 2.44. The quantitative estimate of drug-likeness (QED) is 0.754. The lowest BCUT2D eigenvalue weighted by molar-refractivity contribution is -0.121. The van der Waals surface area contributed by atoms with Crippen LogP contribution in [0.3, 0.4) is 0 Å². The zero-order chi connectivity index (χ0) is 20.1. The van der Waals surface area contributed by atoms with Crippen LogP contribution in [0.4, 0.5) is 5.69 Å². The first-order valence-corrected chi connectivity index (χ1v) is 9.83. The molecule has 0 bridgehead atoms. The van der Waals surface area contributed by atoms with Crippen LogP contribution in [0.2, 0.25) is 0 Å². The molecule has 1 aromatic heterocycles. The smallest absolute Gasteiger partial charge is 0.232 e. The average molecular weight is 374 g/mol. The van der Waals surface area contributed by atoms with E-state index in [1.165, 1.54) is 5.56 Å². The van der Waals surface area contributed by atoms with Crippen molar-refractivity contribution in [3.05, 3.63) is 70.7 Å². The van der Waals surface area contributed by atoms with Crippen molar-refractivity contribution in [2.75, 3.05) is 4.90 Å². The van der Waals surface area contributed by atoms with Gasteiger partial charge in [-0.25, -0.2) is 0 Å². The van der Waals surface area contributed by atoms with Crippen LogP contribution >= 0.6 is 0 Å². The summed E-state index contributed by atoms with van der Waals surface area (Å²) in [7, 11) is 0. The Morgan fingerprint density at radius 1 is 1.07 bits per heavy atom. The number of pyridine rings is 1. The van der Waals surface area contributed by atoms with Crippen LogP contribution in [-0.2, 0) is 9.59 Å². The highest BCUT2D eigenvalue weighted by atomic mass is 16.2. The SMILES string of the molecule is Cc1ccc(N2C(=O)CC(c3cccnc3)C3=C2CC(C)(C)CC3=O)cc1C. The van der Waals surface area contributed by atoms with Gasteiger partial charge in [-0.05, 0) is 60.6 Å². The third-order valence-corrected chi connectivity index (χ3v) is 5.98. The maximum absolute atomic E-state index is 13.3. The summed E-state index contributed by atoms with van der Waals surface area (Å²) in [4.78, 5) is 32.5. The summed E-state index contributed by atoms with van der Waals surface area (Å²) < 4.78 is 0. The van der Waals surface area contributed by atoms with E-state index in [-0.39, 0.29) is 23.0 Å².